The molecule has 2 heterocycles. The van der Waals surface area contributed by atoms with E-state index in [-0.39, 0.29) is 11.8 Å². The van der Waals surface area contributed by atoms with Gasteiger partial charge in [-0.1, -0.05) is 23.8 Å². The first-order valence-corrected chi connectivity index (χ1v) is 9.42. The van der Waals surface area contributed by atoms with Crippen LogP contribution in [0, 0.1) is 17.2 Å². The molecule has 1 aromatic heterocycles. The maximum Gasteiger partial charge on any atom is 0.417 e. The average molecular weight is 397 g/mol. The zero-order valence-corrected chi connectivity index (χ0v) is 15.5. The molecule has 4 nitrogen and oxygen atoms in total. The fourth-order valence-electron chi connectivity index (χ4n) is 4.03. The molecule has 0 N–H and O–H groups in total. The number of hydrogen-bond donors (Lipinski definition) is 0. The summed E-state index contributed by atoms with van der Waals surface area (Å²) in [6.45, 7) is 1.11. The van der Waals surface area contributed by atoms with Gasteiger partial charge in [0, 0.05) is 25.7 Å². The van der Waals surface area contributed by atoms with Gasteiger partial charge < -0.3 is 4.90 Å². The van der Waals surface area contributed by atoms with Gasteiger partial charge in [-0.3, -0.25) is 9.78 Å². The van der Waals surface area contributed by atoms with Gasteiger partial charge in [-0.25, -0.2) is 0 Å². The van der Waals surface area contributed by atoms with Crippen LogP contribution in [-0.2, 0) is 12.6 Å². The number of nitrogens with zero attached hydrogens (tertiary/aromatic N) is 3. The van der Waals surface area contributed by atoms with Crippen LogP contribution in [0.15, 0.2) is 42.1 Å². The van der Waals surface area contributed by atoms with E-state index in [2.05, 4.69) is 11.1 Å². The molecule has 1 saturated heterocycles. The number of carbonyl (C=O) groups is 1. The number of piperidine rings is 1. The molecule has 0 unspecified atom stereocenters. The summed E-state index contributed by atoms with van der Waals surface area (Å²) >= 11 is 0. The Morgan fingerprint density at radius 3 is 2.62 bits per heavy atom. The number of pyridine rings is 1. The number of alkyl halides is 3. The fourth-order valence-corrected chi connectivity index (χ4v) is 4.03. The Labute approximate surface area is 166 Å². The normalized spacial score (nSPS) is 16.9. The predicted molar refractivity (Wildman–Crippen MR) is 101 cm³/mol. The number of rotatable bonds is 2. The molecule has 4 rings (SSSR count). The summed E-state index contributed by atoms with van der Waals surface area (Å²) in [6, 6.07) is 9.96. The van der Waals surface area contributed by atoms with E-state index in [0.29, 0.717) is 41.9 Å². The molecule has 0 atom stereocenters. The summed E-state index contributed by atoms with van der Waals surface area (Å²) in [6.07, 6.45) is 0.362. The number of amides is 1. The summed E-state index contributed by atoms with van der Waals surface area (Å²) in [5.74, 6) is 0.0644. The highest BCUT2D eigenvalue weighted by Gasteiger charge is 2.33. The quantitative estimate of drug-likeness (QED) is 0.752. The summed E-state index contributed by atoms with van der Waals surface area (Å²) in [5.41, 5.74) is 2.33. The van der Waals surface area contributed by atoms with Crippen LogP contribution < -0.4 is 0 Å². The Bertz CT molecular complexity index is 1030. The molecule has 29 heavy (non-hydrogen) atoms. The van der Waals surface area contributed by atoms with Crippen molar-refractivity contribution in [2.24, 2.45) is 5.92 Å². The van der Waals surface area contributed by atoms with Crippen molar-refractivity contribution < 1.29 is 18.0 Å². The van der Waals surface area contributed by atoms with Crippen LogP contribution >= 0.6 is 0 Å². The lowest BCUT2D eigenvalue weighted by Gasteiger charge is -2.33. The Morgan fingerprint density at radius 1 is 1.21 bits per heavy atom. The molecule has 1 aromatic carbocycles. The zero-order valence-electron chi connectivity index (χ0n) is 15.5. The van der Waals surface area contributed by atoms with Gasteiger partial charge >= 0.3 is 6.18 Å². The molecule has 2 aromatic rings. The number of nitriles is 1. The van der Waals surface area contributed by atoms with Crippen molar-refractivity contribution >= 4 is 12.0 Å². The van der Waals surface area contributed by atoms with Gasteiger partial charge in [0.2, 0.25) is 0 Å². The first-order valence-electron chi connectivity index (χ1n) is 9.42. The monoisotopic (exact) mass is 397 g/mol. The second-order valence-corrected chi connectivity index (χ2v) is 7.38. The van der Waals surface area contributed by atoms with E-state index < -0.39 is 11.7 Å². The minimum Gasteiger partial charge on any atom is -0.339 e. The van der Waals surface area contributed by atoms with Crippen molar-refractivity contribution in [2.45, 2.75) is 25.4 Å². The number of benzene rings is 1. The van der Waals surface area contributed by atoms with Crippen molar-refractivity contribution in [3.05, 3.63) is 70.0 Å². The van der Waals surface area contributed by atoms with Crippen LogP contribution in [0.2, 0.25) is 0 Å². The number of fused-ring (bicyclic) bond motifs is 1. The molecule has 1 aliphatic carbocycles. The van der Waals surface area contributed by atoms with Gasteiger partial charge in [0.1, 0.15) is 0 Å². The smallest absolute Gasteiger partial charge is 0.339 e. The molecule has 1 fully saturated rings. The second kappa shape index (κ2) is 7.36. The van der Waals surface area contributed by atoms with Crippen molar-refractivity contribution in [2.75, 3.05) is 13.1 Å². The molecule has 0 saturated carbocycles. The molecular weight excluding hydrogens is 379 g/mol. The third-order valence-electron chi connectivity index (χ3n) is 5.63. The number of likely N-dealkylation sites (tertiary alicyclic amines) is 1. The number of carbonyl (C=O) groups excluding carboxylic acids is 1. The van der Waals surface area contributed by atoms with Crippen molar-refractivity contribution in [1.82, 2.24) is 9.88 Å². The summed E-state index contributed by atoms with van der Waals surface area (Å²) in [4.78, 5) is 18.5. The van der Waals surface area contributed by atoms with Gasteiger partial charge in [-0.05, 0) is 42.5 Å². The predicted octanol–water partition coefficient (Wildman–Crippen LogP) is 4.46. The fraction of sp³-hybridized carbons (Fsp3) is 0.318. The molecular formula is C22H18F3N3O. The first-order chi connectivity index (χ1) is 13.9. The summed E-state index contributed by atoms with van der Waals surface area (Å²) in [5, 5.41) is 9.20. The van der Waals surface area contributed by atoms with Gasteiger partial charge in [0.15, 0.2) is 0 Å². The number of halogens is 3. The number of hydrogen-bond acceptors (Lipinski definition) is 3. The summed E-state index contributed by atoms with van der Waals surface area (Å²) < 4.78 is 38.7. The molecule has 148 valence electrons. The molecule has 0 bridgehead atoms. The Morgan fingerprint density at radius 2 is 1.93 bits per heavy atom. The minimum absolute atomic E-state index is 0.152. The van der Waals surface area contributed by atoms with Crippen LogP contribution in [0.1, 0.15) is 45.6 Å². The van der Waals surface area contributed by atoms with Crippen molar-refractivity contribution in [3.63, 3.8) is 0 Å². The van der Waals surface area contributed by atoms with Crippen LogP contribution in [0.25, 0.3) is 6.08 Å². The maximum absolute atomic E-state index is 12.9. The van der Waals surface area contributed by atoms with Crippen LogP contribution in [0.4, 0.5) is 13.2 Å². The lowest BCUT2D eigenvalue weighted by Crippen LogP contribution is -2.39. The average Bonchev–Trinajstić information content (AvgIpc) is 3.16. The molecule has 0 radical (unpaired) electrons. The van der Waals surface area contributed by atoms with Crippen LogP contribution in [0.5, 0.6) is 0 Å². The van der Waals surface area contributed by atoms with Crippen molar-refractivity contribution in [1.29, 1.82) is 5.26 Å². The Hall–Kier alpha value is -3.14. The molecule has 1 aliphatic heterocycles. The van der Waals surface area contributed by atoms with E-state index in [1.165, 1.54) is 0 Å². The van der Waals surface area contributed by atoms with Crippen molar-refractivity contribution in [3.8, 4) is 6.07 Å². The van der Waals surface area contributed by atoms with E-state index >= 15 is 0 Å². The third kappa shape index (κ3) is 3.75. The largest absolute Gasteiger partial charge is 0.417 e. The van der Waals surface area contributed by atoms with Gasteiger partial charge in [-0.15, -0.1) is 0 Å². The molecule has 1 amide bonds. The minimum atomic E-state index is -4.40. The second-order valence-electron chi connectivity index (χ2n) is 7.38. The standard InChI is InChI=1S/C22H18F3N3O/c23-22(24,25)18-10-17-9-16(11-20(17)27-13-18)14-5-7-28(8-6-14)21(29)19-4-2-1-3-15(19)12-26/h1-4,9-10,13-14H,5-8,11H2. The first kappa shape index (κ1) is 19.2. The zero-order chi connectivity index (χ0) is 20.6. The Kier molecular flexibility index (Phi) is 4.87. The van der Waals surface area contributed by atoms with Gasteiger partial charge in [-0.2, -0.15) is 18.4 Å². The lowest BCUT2D eigenvalue weighted by atomic mass is 9.88. The van der Waals surface area contributed by atoms with Crippen LogP contribution in [0.3, 0.4) is 0 Å². The van der Waals surface area contributed by atoms with E-state index in [0.717, 1.165) is 30.7 Å². The Balaban J connectivity index is 1.44. The highest BCUT2D eigenvalue weighted by molar-refractivity contribution is 5.96. The summed E-state index contributed by atoms with van der Waals surface area (Å²) in [7, 11) is 0. The molecule has 7 heteroatoms. The molecule has 2 aliphatic rings. The van der Waals surface area contributed by atoms with E-state index in [1.807, 2.05) is 6.08 Å². The van der Waals surface area contributed by atoms with Gasteiger partial charge in [0.25, 0.3) is 5.91 Å². The number of allylic oxidation sites excluding steroid dienone is 1. The van der Waals surface area contributed by atoms with Crippen LogP contribution in [-0.4, -0.2) is 28.9 Å². The van der Waals surface area contributed by atoms with E-state index in [4.69, 9.17) is 0 Å². The highest BCUT2D eigenvalue weighted by Crippen LogP contribution is 2.37. The SMILES string of the molecule is N#Cc1ccccc1C(=O)N1CCC(C2=Cc3cc(C(F)(F)F)cnc3C2)CC1. The van der Waals surface area contributed by atoms with E-state index in [9.17, 15) is 23.2 Å². The highest BCUT2D eigenvalue weighted by atomic mass is 19.4. The van der Waals surface area contributed by atoms with Gasteiger partial charge in [0.05, 0.1) is 28.5 Å². The van der Waals surface area contributed by atoms with E-state index in [1.54, 1.807) is 29.2 Å². The molecule has 0 spiro atoms. The topological polar surface area (TPSA) is 57.0 Å². The maximum atomic E-state index is 12.9. The number of aromatic nitrogens is 1. The third-order valence-corrected chi connectivity index (χ3v) is 5.63. The lowest BCUT2D eigenvalue weighted by molar-refractivity contribution is -0.137.